The Morgan fingerprint density at radius 3 is 2.94 bits per heavy atom. The van der Waals surface area contributed by atoms with Crippen LogP contribution in [0.25, 0.3) is 0 Å². The first-order chi connectivity index (χ1) is 8.22. The van der Waals surface area contributed by atoms with Gasteiger partial charge in [0.15, 0.2) is 0 Å². The van der Waals surface area contributed by atoms with E-state index < -0.39 is 0 Å². The molecule has 0 aliphatic carbocycles. The molecule has 0 saturated carbocycles. The maximum absolute atomic E-state index is 10.3. The van der Waals surface area contributed by atoms with Crippen LogP contribution in [0.1, 0.15) is 38.7 Å². The molecule has 3 unspecified atom stereocenters. The molecule has 0 spiro atoms. The lowest BCUT2D eigenvalue weighted by Crippen LogP contribution is -2.40. The summed E-state index contributed by atoms with van der Waals surface area (Å²) in [5, 5.41) is 13.8. The van der Waals surface area contributed by atoms with Crippen LogP contribution >= 0.6 is 0 Å². The number of nitrogens with one attached hydrogen (secondary N) is 1. The van der Waals surface area contributed by atoms with Crippen molar-refractivity contribution in [2.24, 2.45) is 5.92 Å². The van der Waals surface area contributed by atoms with Crippen molar-refractivity contribution in [2.45, 2.75) is 51.7 Å². The second-order valence-corrected chi connectivity index (χ2v) is 5.20. The Bertz CT molecular complexity index is 364. The summed E-state index contributed by atoms with van der Waals surface area (Å²) in [6.45, 7) is 4.32. The van der Waals surface area contributed by atoms with Gasteiger partial charge in [0.05, 0.1) is 12.1 Å². The minimum atomic E-state index is -0.233. The lowest BCUT2D eigenvalue weighted by molar-refractivity contribution is 0.0880. The van der Waals surface area contributed by atoms with Crippen LogP contribution in [0.3, 0.4) is 0 Å². The molecule has 1 aromatic carbocycles. The van der Waals surface area contributed by atoms with Gasteiger partial charge in [0, 0.05) is 5.69 Å². The van der Waals surface area contributed by atoms with Crippen LogP contribution in [0.4, 0.5) is 5.69 Å². The van der Waals surface area contributed by atoms with Crippen molar-refractivity contribution >= 4 is 5.69 Å². The fourth-order valence-corrected chi connectivity index (χ4v) is 2.74. The summed E-state index contributed by atoms with van der Waals surface area (Å²) in [5.41, 5.74) is 2.57. The van der Waals surface area contributed by atoms with E-state index in [1.807, 2.05) is 0 Å². The summed E-state index contributed by atoms with van der Waals surface area (Å²) in [7, 11) is 0. The molecule has 2 heteroatoms. The molecule has 0 fully saturated rings. The fourth-order valence-electron chi connectivity index (χ4n) is 2.74. The Kier molecular flexibility index (Phi) is 4.06. The number of aryl methyl sites for hydroxylation is 1. The second kappa shape index (κ2) is 5.54. The molecular weight excluding hydrogens is 210 g/mol. The molecule has 0 amide bonds. The zero-order valence-corrected chi connectivity index (χ0v) is 10.8. The summed E-state index contributed by atoms with van der Waals surface area (Å²) in [6, 6.07) is 8.62. The molecule has 1 aliphatic heterocycles. The highest BCUT2D eigenvalue weighted by Crippen LogP contribution is 2.28. The number of rotatable bonds is 4. The molecule has 2 nitrogen and oxygen atoms in total. The van der Waals surface area contributed by atoms with Crippen LogP contribution in [0.15, 0.2) is 24.3 Å². The highest BCUT2D eigenvalue weighted by atomic mass is 16.3. The van der Waals surface area contributed by atoms with E-state index >= 15 is 0 Å². The Morgan fingerprint density at radius 2 is 2.18 bits per heavy atom. The standard InChI is InChI=1S/C15H23NO/c1-3-6-11(2)15(17)14-10-9-12-7-4-5-8-13(12)16-14/h4-5,7-8,11,14-17H,3,6,9-10H2,1-2H3. The van der Waals surface area contributed by atoms with Gasteiger partial charge in [-0.15, -0.1) is 0 Å². The van der Waals surface area contributed by atoms with E-state index in [4.69, 9.17) is 0 Å². The van der Waals surface area contributed by atoms with E-state index in [0.29, 0.717) is 5.92 Å². The third kappa shape index (κ3) is 2.81. The first kappa shape index (κ1) is 12.4. The minimum absolute atomic E-state index is 0.214. The first-order valence-corrected chi connectivity index (χ1v) is 6.75. The molecule has 0 aromatic heterocycles. The lowest BCUT2D eigenvalue weighted by atomic mass is 9.87. The zero-order chi connectivity index (χ0) is 12.3. The molecule has 0 bridgehead atoms. The smallest absolute Gasteiger partial charge is 0.0766 e. The van der Waals surface area contributed by atoms with Crippen LogP contribution in [0.2, 0.25) is 0 Å². The maximum Gasteiger partial charge on any atom is 0.0766 e. The highest BCUT2D eigenvalue weighted by Gasteiger charge is 2.27. The second-order valence-electron chi connectivity index (χ2n) is 5.20. The fraction of sp³-hybridized carbons (Fsp3) is 0.600. The van der Waals surface area contributed by atoms with Gasteiger partial charge in [-0.3, -0.25) is 0 Å². The number of hydrogen-bond donors (Lipinski definition) is 2. The molecule has 3 atom stereocenters. The van der Waals surface area contributed by atoms with Gasteiger partial charge in [0.2, 0.25) is 0 Å². The summed E-state index contributed by atoms with van der Waals surface area (Å²) < 4.78 is 0. The molecular formula is C15H23NO. The molecule has 0 radical (unpaired) electrons. The van der Waals surface area contributed by atoms with Gasteiger partial charge in [-0.25, -0.2) is 0 Å². The van der Waals surface area contributed by atoms with Gasteiger partial charge in [-0.2, -0.15) is 0 Å². The SMILES string of the molecule is CCCC(C)C(O)C1CCc2ccccc2N1. The molecule has 1 aliphatic rings. The van der Waals surface area contributed by atoms with Crippen molar-refractivity contribution in [2.75, 3.05) is 5.32 Å². The van der Waals surface area contributed by atoms with Gasteiger partial charge in [-0.1, -0.05) is 38.5 Å². The summed E-state index contributed by atoms with van der Waals surface area (Å²) in [5.74, 6) is 0.378. The molecule has 94 valence electrons. The van der Waals surface area contributed by atoms with Crippen molar-refractivity contribution in [1.29, 1.82) is 0 Å². The van der Waals surface area contributed by atoms with Crippen LogP contribution in [-0.4, -0.2) is 17.3 Å². The number of benzene rings is 1. The van der Waals surface area contributed by atoms with Crippen molar-refractivity contribution in [3.63, 3.8) is 0 Å². The monoisotopic (exact) mass is 233 g/mol. The van der Waals surface area contributed by atoms with Crippen LogP contribution in [0.5, 0.6) is 0 Å². The first-order valence-electron chi connectivity index (χ1n) is 6.75. The number of fused-ring (bicyclic) bond motifs is 1. The third-order valence-corrected chi connectivity index (χ3v) is 3.82. The van der Waals surface area contributed by atoms with E-state index in [-0.39, 0.29) is 12.1 Å². The molecule has 17 heavy (non-hydrogen) atoms. The van der Waals surface area contributed by atoms with E-state index in [9.17, 15) is 5.11 Å². The molecule has 2 N–H and O–H groups in total. The van der Waals surface area contributed by atoms with Crippen LogP contribution in [-0.2, 0) is 6.42 Å². The van der Waals surface area contributed by atoms with Gasteiger partial charge in [0.25, 0.3) is 0 Å². The molecule has 0 saturated heterocycles. The van der Waals surface area contributed by atoms with Gasteiger partial charge < -0.3 is 10.4 Å². The Labute approximate surface area is 104 Å². The number of hydrogen-bond acceptors (Lipinski definition) is 2. The quantitative estimate of drug-likeness (QED) is 0.837. The number of anilines is 1. The summed E-state index contributed by atoms with van der Waals surface area (Å²) >= 11 is 0. The minimum Gasteiger partial charge on any atom is -0.391 e. The van der Waals surface area contributed by atoms with Crippen molar-refractivity contribution in [1.82, 2.24) is 0 Å². The molecule has 2 rings (SSSR count). The van der Waals surface area contributed by atoms with Gasteiger partial charge >= 0.3 is 0 Å². The van der Waals surface area contributed by atoms with Crippen LogP contribution < -0.4 is 5.32 Å². The largest absolute Gasteiger partial charge is 0.391 e. The molecule has 1 aromatic rings. The molecule has 1 heterocycles. The van der Waals surface area contributed by atoms with E-state index in [1.54, 1.807) is 0 Å². The zero-order valence-electron chi connectivity index (χ0n) is 10.8. The lowest BCUT2D eigenvalue weighted by Gasteiger charge is -2.33. The predicted octanol–water partition coefficient (Wildman–Crippen LogP) is 3.21. The normalized spacial score (nSPS) is 22.4. The van der Waals surface area contributed by atoms with Gasteiger partial charge in [-0.05, 0) is 36.8 Å². The van der Waals surface area contributed by atoms with Gasteiger partial charge in [0.1, 0.15) is 0 Å². The number of para-hydroxylation sites is 1. The highest BCUT2D eigenvalue weighted by molar-refractivity contribution is 5.53. The average molecular weight is 233 g/mol. The third-order valence-electron chi connectivity index (χ3n) is 3.82. The van der Waals surface area contributed by atoms with Crippen molar-refractivity contribution in [3.05, 3.63) is 29.8 Å². The van der Waals surface area contributed by atoms with Crippen LogP contribution in [0, 0.1) is 5.92 Å². The number of aliphatic hydroxyl groups is 1. The Balaban J connectivity index is 2.02. The van der Waals surface area contributed by atoms with E-state index in [2.05, 4.69) is 43.4 Å². The Morgan fingerprint density at radius 1 is 1.41 bits per heavy atom. The van der Waals surface area contributed by atoms with Crippen molar-refractivity contribution in [3.8, 4) is 0 Å². The predicted molar refractivity (Wildman–Crippen MR) is 72.3 cm³/mol. The summed E-state index contributed by atoms with van der Waals surface area (Å²) in [4.78, 5) is 0. The topological polar surface area (TPSA) is 32.3 Å². The maximum atomic E-state index is 10.3. The average Bonchev–Trinajstić information content (AvgIpc) is 2.37. The van der Waals surface area contributed by atoms with E-state index in [0.717, 1.165) is 25.7 Å². The van der Waals surface area contributed by atoms with Crippen molar-refractivity contribution < 1.29 is 5.11 Å². The summed E-state index contributed by atoms with van der Waals surface area (Å²) in [6.07, 6.45) is 4.11. The number of aliphatic hydroxyl groups excluding tert-OH is 1. The van der Waals surface area contributed by atoms with E-state index in [1.165, 1.54) is 11.3 Å². The Hall–Kier alpha value is -1.02.